The molecule has 20 heavy (non-hydrogen) atoms. The lowest BCUT2D eigenvalue weighted by molar-refractivity contribution is -0.132. The van der Waals surface area contributed by atoms with Crippen LogP contribution in [-0.2, 0) is 9.53 Å². The van der Waals surface area contributed by atoms with Gasteiger partial charge in [-0.25, -0.2) is 0 Å². The first kappa shape index (κ1) is 13.6. The van der Waals surface area contributed by atoms with E-state index in [4.69, 9.17) is 4.74 Å². The van der Waals surface area contributed by atoms with Gasteiger partial charge in [-0.3, -0.25) is 10.1 Å². The molecule has 0 bridgehead atoms. The molecule has 2 aliphatic rings. The molecule has 1 aromatic rings. The normalized spacial score (nSPS) is 31.8. The van der Waals surface area contributed by atoms with Crippen molar-refractivity contribution in [2.45, 2.75) is 38.5 Å². The summed E-state index contributed by atoms with van der Waals surface area (Å²) in [6.45, 7) is 5.80. The zero-order valence-electron chi connectivity index (χ0n) is 12.1. The maximum Gasteiger partial charge on any atom is 0.245 e. The lowest BCUT2D eigenvalue weighted by Gasteiger charge is -2.31. The molecule has 4 unspecified atom stereocenters. The van der Waals surface area contributed by atoms with Crippen molar-refractivity contribution < 1.29 is 9.53 Å². The minimum absolute atomic E-state index is 0.0725. The molecule has 0 aromatic heterocycles. The number of carbonyl (C=O) groups is 1. The Morgan fingerprint density at radius 1 is 1.35 bits per heavy atom. The highest BCUT2D eigenvalue weighted by Crippen LogP contribution is 2.30. The predicted octanol–water partition coefficient (Wildman–Crippen LogP) is 1.93. The Kier molecular flexibility index (Phi) is 3.76. The summed E-state index contributed by atoms with van der Waals surface area (Å²) in [5.74, 6) is 0.640. The minimum Gasteiger partial charge on any atom is -0.381 e. The molecule has 2 fully saturated rings. The fourth-order valence-electron chi connectivity index (χ4n) is 3.33. The molecule has 0 aliphatic carbocycles. The highest BCUT2D eigenvalue weighted by atomic mass is 16.5. The summed E-state index contributed by atoms with van der Waals surface area (Å²) in [4.78, 5) is 14.7. The lowest BCUT2D eigenvalue weighted by Crippen LogP contribution is -2.45. The average Bonchev–Trinajstić information content (AvgIpc) is 3.08. The number of carbonyl (C=O) groups excluding carboxylic acids is 1. The van der Waals surface area contributed by atoms with Gasteiger partial charge in [0.25, 0.3) is 0 Å². The Balaban J connectivity index is 1.78. The summed E-state index contributed by atoms with van der Waals surface area (Å²) in [5.41, 5.74) is 1.04. The predicted molar refractivity (Wildman–Crippen MR) is 77.0 cm³/mol. The highest BCUT2D eigenvalue weighted by molar-refractivity contribution is 5.86. The Hall–Kier alpha value is -1.39. The van der Waals surface area contributed by atoms with E-state index in [2.05, 4.69) is 19.2 Å². The maximum absolute atomic E-state index is 12.7. The molecule has 1 amide bonds. The van der Waals surface area contributed by atoms with Crippen LogP contribution in [0.1, 0.15) is 31.9 Å². The van der Waals surface area contributed by atoms with Crippen LogP contribution in [0.25, 0.3) is 0 Å². The van der Waals surface area contributed by atoms with Crippen molar-refractivity contribution >= 4 is 5.91 Å². The molecule has 2 heterocycles. The van der Waals surface area contributed by atoms with Crippen LogP contribution in [0.15, 0.2) is 30.3 Å². The first-order chi connectivity index (χ1) is 9.68. The van der Waals surface area contributed by atoms with Gasteiger partial charge in [-0.15, -0.1) is 0 Å². The van der Waals surface area contributed by atoms with Crippen molar-refractivity contribution in [2.75, 3.05) is 13.2 Å². The van der Waals surface area contributed by atoms with Gasteiger partial charge < -0.3 is 9.64 Å². The van der Waals surface area contributed by atoms with Gasteiger partial charge in [0.15, 0.2) is 0 Å². The summed E-state index contributed by atoms with van der Waals surface area (Å²) in [5, 5.41) is 3.41. The van der Waals surface area contributed by atoms with Gasteiger partial charge in [0.2, 0.25) is 5.91 Å². The number of rotatable bonds is 3. The molecule has 1 aromatic carbocycles. The van der Waals surface area contributed by atoms with Crippen molar-refractivity contribution in [3.63, 3.8) is 0 Å². The van der Waals surface area contributed by atoms with E-state index in [9.17, 15) is 4.79 Å². The molecule has 2 saturated heterocycles. The molecule has 4 atom stereocenters. The van der Waals surface area contributed by atoms with Gasteiger partial charge in [-0.05, 0) is 25.8 Å². The van der Waals surface area contributed by atoms with E-state index in [0.29, 0.717) is 5.92 Å². The van der Waals surface area contributed by atoms with Crippen LogP contribution in [0.4, 0.5) is 0 Å². The van der Waals surface area contributed by atoms with E-state index in [-0.39, 0.29) is 24.2 Å². The number of hydrogen-bond donors (Lipinski definition) is 1. The summed E-state index contributed by atoms with van der Waals surface area (Å²) in [6.07, 6.45) is 1.12. The third-order valence-electron chi connectivity index (χ3n) is 4.55. The van der Waals surface area contributed by atoms with Crippen LogP contribution >= 0.6 is 0 Å². The van der Waals surface area contributed by atoms with Gasteiger partial charge in [-0.1, -0.05) is 30.3 Å². The summed E-state index contributed by atoms with van der Waals surface area (Å²) < 4.78 is 5.46. The van der Waals surface area contributed by atoms with E-state index in [1.165, 1.54) is 0 Å². The molecule has 0 spiro atoms. The minimum atomic E-state index is -0.212. The van der Waals surface area contributed by atoms with E-state index in [1.807, 2.05) is 35.2 Å². The quantitative estimate of drug-likeness (QED) is 0.915. The fourth-order valence-corrected chi connectivity index (χ4v) is 3.33. The van der Waals surface area contributed by atoms with Gasteiger partial charge in [0.05, 0.1) is 12.8 Å². The van der Waals surface area contributed by atoms with Gasteiger partial charge in [0.1, 0.15) is 6.04 Å². The van der Waals surface area contributed by atoms with Crippen molar-refractivity contribution in [1.82, 2.24) is 10.2 Å². The number of hydrogen-bond acceptors (Lipinski definition) is 3. The molecule has 108 valence electrons. The zero-order chi connectivity index (χ0) is 14.1. The topological polar surface area (TPSA) is 41.6 Å². The van der Waals surface area contributed by atoms with Gasteiger partial charge in [-0.2, -0.15) is 0 Å². The molecule has 2 aliphatic heterocycles. The monoisotopic (exact) mass is 274 g/mol. The Morgan fingerprint density at radius 2 is 2.10 bits per heavy atom. The third kappa shape index (κ3) is 2.34. The molecule has 0 saturated carbocycles. The Labute approximate surface area is 120 Å². The number of nitrogens with one attached hydrogen (secondary N) is 1. The maximum atomic E-state index is 12.7. The van der Waals surface area contributed by atoms with Gasteiger partial charge >= 0.3 is 0 Å². The molecular weight excluding hydrogens is 252 g/mol. The molecule has 4 nitrogen and oxygen atoms in total. The molecule has 4 heteroatoms. The number of amides is 1. The second kappa shape index (κ2) is 5.54. The van der Waals surface area contributed by atoms with E-state index < -0.39 is 0 Å². The average molecular weight is 274 g/mol. The van der Waals surface area contributed by atoms with Crippen LogP contribution in [0.5, 0.6) is 0 Å². The van der Waals surface area contributed by atoms with Crippen LogP contribution in [0, 0.1) is 5.92 Å². The van der Waals surface area contributed by atoms with Crippen molar-refractivity contribution in [3.8, 4) is 0 Å². The SMILES string of the molecule is CC1NC(c2ccccc2)C(=O)N1C(C)C1CCOC1. The summed E-state index contributed by atoms with van der Waals surface area (Å²) in [7, 11) is 0. The number of nitrogens with zero attached hydrogens (tertiary/aromatic N) is 1. The largest absolute Gasteiger partial charge is 0.381 e. The standard InChI is InChI=1S/C16H22N2O2/c1-11(14-8-9-20-10-14)18-12(2)17-15(16(18)19)13-6-4-3-5-7-13/h3-7,11-12,14-15,17H,8-10H2,1-2H3. The van der Waals surface area contributed by atoms with Crippen molar-refractivity contribution in [3.05, 3.63) is 35.9 Å². The molecule has 1 N–H and O–H groups in total. The summed E-state index contributed by atoms with van der Waals surface area (Å²) in [6, 6.07) is 9.96. The fraction of sp³-hybridized carbons (Fsp3) is 0.562. The third-order valence-corrected chi connectivity index (χ3v) is 4.55. The van der Waals surface area contributed by atoms with E-state index >= 15 is 0 Å². The summed E-state index contributed by atoms with van der Waals surface area (Å²) >= 11 is 0. The van der Waals surface area contributed by atoms with Crippen LogP contribution in [0.3, 0.4) is 0 Å². The molecule has 0 radical (unpaired) electrons. The molecule has 3 rings (SSSR count). The van der Waals surface area contributed by atoms with Gasteiger partial charge in [0, 0.05) is 18.6 Å². The zero-order valence-corrected chi connectivity index (χ0v) is 12.1. The van der Waals surface area contributed by atoms with Crippen LogP contribution in [-0.4, -0.2) is 36.2 Å². The van der Waals surface area contributed by atoms with Crippen molar-refractivity contribution in [2.24, 2.45) is 5.92 Å². The first-order valence-electron chi connectivity index (χ1n) is 7.39. The molecular formula is C16H22N2O2. The highest BCUT2D eigenvalue weighted by Gasteiger charge is 2.42. The Bertz CT molecular complexity index is 471. The van der Waals surface area contributed by atoms with Crippen molar-refractivity contribution in [1.29, 1.82) is 0 Å². The smallest absolute Gasteiger partial charge is 0.245 e. The Morgan fingerprint density at radius 3 is 2.75 bits per heavy atom. The number of ether oxygens (including phenoxy) is 1. The second-order valence-corrected chi connectivity index (χ2v) is 5.80. The van der Waals surface area contributed by atoms with Crippen LogP contribution < -0.4 is 5.32 Å². The van der Waals surface area contributed by atoms with E-state index in [0.717, 1.165) is 25.2 Å². The van der Waals surface area contributed by atoms with E-state index in [1.54, 1.807) is 0 Å². The second-order valence-electron chi connectivity index (χ2n) is 5.80. The number of benzene rings is 1. The first-order valence-corrected chi connectivity index (χ1v) is 7.39. The lowest BCUT2D eigenvalue weighted by atomic mass is 9.98. The van der Waals surface area contributed by atoms with Crippen LogP contribution in [0.2, 0.25) is 0 Å².